The van der Waals surface area contributed by atoms with Crippen molar-refractivity contribution >= 4 is 32.0 Å². The first-order valence-electron chi connectivity index (χ1n) is 6.31. The highest BCUT2D eigenvalue weighted by Crippen LogP contribution is 2.29. The van der Waals surface area contributed by atoms with E-state index in [0.29, 0.717) is 13.1 Å². The van der Waals surface area contributed by atoms with Crippen LogP contribution in [0.2, 0.25) is 0 Å². The third-order valence-corrected chi connectivity index (χ3v) is 6.98. The monoisotopic (exact) mass is 353 g/mol. The predicted octanol–water partition coefficient (Wildman–Crippen LogP) is 1.86. The number of thioether (sulfide) groups is 1. The molecule has 0 spiro atoms. The minimum Gasteiger partial charge on any atom is -0.207 e. The molecule has 0 amide bonds. The van der Waals surface area contributed by atoms with Gasteiger partial charge < -0.3 is 0 Å². The van der Waals surface area contributed by atoms with Crippen molar-refractivity contribution in [2.75, 3.05) is 13.1 Å². The molecule has 21 heavy (non-hydrogen) atoms. The highest BCUT2D eigenvalue weighted by atomic mass is 32.3. The summed E-state index contributed by atoms with van der Waals surface area (Å²) in [4.78, 5) is -0.844. The lowest BCUT2D eigenvalue weighted by Crippen LogP contribution is -2.43. The molecule has 1 aliphatic heterocycles. The lowest BCUT2D eigenvalue weighted by molar-refractivity contribution is 0.404. The average molecular weight is 353 g/mol. The molecule has 9 heteroatoms. The highest BCUT2D eigenvalue weighted by molar-refractivity contribution is 8.00. The third-order valence-electron chi connectivity index (χ3n) is 3.11. The fourth-order valence-corrected chi connectivity index (χ4v) is 6.02. The molecule has 1 saturated heterocycles. The fourth-order valence-electron chi connectivity index (χ4n) is 2.26. The van der Waals surface area contributed by atoms with E-state index in [0.717, 1.165) is 12.1 Å². The molecule has 0 bridgehead atoms. The van der Waals surface area contributed by atoms with Gasteiger partial charge in [0, 0.05) is 23.6 Å². The molecule has 2 unspecified atom stereocenters. The summed E-state index contributed by atoms with van der Waals surface area (Å²) in [6, 6.07) is 4.40. The van der Waals surface area contributed by atoms with Crippen molar-refractivity contribution in [3.63, 3.8) is 0 Å². The number of sulfonamides is 1. The zero-order valence-corrected chi connectivity index (χ0v) is 14.0. The Balaban J connectivity index is 2.40. The van der Waals surface area contributed by atoms with Crippen molar-refractivity contribution in [3.8, 4) is 0 Å². The van der Waals surface area contributed by atoms with E-state index >= 15 is 0 Å². The van der Waals surface area contributed by atoms with Gasteiger partial charge in [0.25, 0.3) is 0 Å². The molecular weight excluding hydrogens is 337 g/mol. The molecule has 2 atom stereocenters. The van der Waals surface area contributed by atoms with E-state index in [2.05, 4.69) is 0 Å². The summed E-state index contributed by atoms with van der Waals surface area (Å²) >= 11 is 1.70. The second-order valence-electron chi connectivity index (χ2n) is 4.99. The van der Waals surface area contributed by atoms with E-state index in [4.69, 9.17) is 0 Å². The Bertz CT molecular complexity index is 723. The molecule has 0 saturated carbocycles. The lowest BCUT2D eigenvalue weighted by Gasteiger charge is -2.33. The molecule has 1 aliphatic rings. The molecular formula is C12H16FNO4S3. The quantitative estimate of drug-likeness (QED) is 0.776. The van der Waals surface area contributed by atoms with E-state index < -0.39 is 25.1 Å². The Morgan fingerprint density at radius 2 is 1.62 bits per heavy atom. The van der Waals surface area contributed by atoms with Crippen LogP contribution in [-0.2, 0) is 20.2 Å². The maximum Gasteiger partial charge on any atom is 0.332 e. The molecule has 1 heterocycles. The zero-order valence-electron chi connectivity index (χ0n) is 11.6. The fraction of sp³-hybridized carbons (Fsp3) is 0.500. The molecule has 0 aromatic heterocycles. The second kappa shape index (κ2) is 5.86. The van der Waals surface area contributed by atoms with Crippen LogP contribution < -0.4 is 0 Å². The number of benzene rings is 1. The zero-order chi connectivity index (χ0) is 15.8. The summed E-state index contributed by atoms with van der Waals surface area (Å²) in [5.41, 5.74) is 0. The van der Waals surface area contributed by atoms with Crippen LogP contribution >= 0.6 is 11.8 Å². The molecule has 1 aromatic carbocycles. The van der Waals surface area contributed by atoms with Crippen molar-refractivity contribution < 1.29 is 20.7 Å². The summed E-state index contributed by atoms with van der Waals surface area (Å²) in [7, 11) is -8.75. The molecule has 2 rings (SSSR count). The van der Waals surface area contributed by atoms with E-state index in [1.165, 1.54) is 16.4 Å². The Morgan fingerprint density at radius 3 is 2.14 bits per heavy atom. The van der Waals surface area contributed by atoms with Gasteiger partial charge in [0.05, 0.1) is 9.79 Å². The third kappa shape index (κ3) is 3.77. The van der Waals surface area contributed by atoms with Crippen molar-refractivity contribution in [2.45, 2.75) is 34.1 Å². The molecule has 1 aromatic rings. The first-order valence-corrected chi connectivity index (χ1v) is 10.1. The van der Waals surface area contributed by atoms with E-state index in [9.17, 15) is 20.7 Å². The van der Waals surface area contributed by atoms with Crippen molar-refractivity contribution in [1.82, 2.24) is 4.31 Å². The summed E-state index contributed by atoms with van der Waals surface area (Å²) in [5.74, 6) is 0. The van der Waals surface area contributed by atoms with Crippen molar-refractivity contribution in [3.05, 3.63) is 24.3 Å². The van der Waals surface area contributed by atoms with Crippen molar-refractivity contribution in [2.24, 2.45) is 0 Å². The Labute approximate surface area is 128 Å². The van der Waals surface area contributed by atoms with Gasteiger partial charge in [0.1, 0.15) is 0 Å². The Hall–Kier alpha value is -0.640. The van der Waals surface area contributed by atoms with Crippen LogP contribution in [0.5, 0.6) is 0 Å². The van der Waals surface area contributed by atoms with Gasteiger partial charge in [-0.2, -0.15) is 24.5 Å². The number of rotatable bonds is 3. The van der Waals surface area contributed by atoms with Crippen LogP contribution in [0.3, 0.4) is 0 Å². The van der Waals surface area contributed by atoms with Gasteiger partial charge in [-0.15, -0.1) is 3.89 Å². The summed E-state index contributed by atoms with van der Waals surface area (Å²) in [6.45, 7) is 4.57. The van der Waals surface area contributed by atoms with Crippen LogP contribution in [0.1, 0.15) is 13.8 Å². The van der Waals surface area contributed by atoms with E-state index in [-0.39, 0.29) is 15.4 Å². The van der Waals surface area contributed by atoms with Crippen molar-refractivity contribution in [1.29, 1.82) is 0 Å². The summed E-state index contributed by atoms with van der Waals surface area (Å²) < 4.78 is 61.3. The largest absolute Gasteiger partial charge is 0.332 e. The smallest absolute Gasteiger partial charge is 0.207 e. The van der Waals surface area contributed by atoms with E-state index in [1.54, 1.807) is 11.8 Å². The molecule has 5 nitrogen and oxygen atoms in total. The molecule has 1 fully saturated rings. The van der Waals surface area contributed by atoms with Crippen LogP contribution in [0.25, 0.3) is 0 Å². The summed E-state index contributed by atoms with van der Waals surface area (Å²) in [5, 5.41) is 0.299. The SMILES string of the molecule is CC1CN(S(=O)(=O)c2cccc(S(=O)(=O)F)c2)CC(C)S1. The molecule has 0 radical (unpaired) electrons. The minimum absolute atomic E-state index is 0.150. The standard InChI is InChI=1S/C12H16FNO4S3/c1-9-7-14(8-10(2)19-9)21(17,18)12-5-3-4-11(6-12)20(13,15)16/h3-6,9-10H,7-8H2,1-2H3. The normalized spacial score (nSPS) is 24.9. The minimum atomic E-state index is -4.92. The molecule has 118 valence electrons. The van der Waals surface area contributed by atoms with Crippen LogP contribution in [0.4, 0.5) is 3.89 Å². The Morgan fingerprint density at radius 1 is 1.10 bits per heavy atom. The number of nitrogens with zero attached hydrogens (tertiary/aromatic N) is 1. The van der Waals surface area contributed by atoms with Crippen LogP contribution in [0.15, 0.2) is 34.1 Å². The first-order chi connectivity index (χ1) is 9.60. The second-order valence-corrected chi connectivity index (χ2v) is 10.2. The van der Waals surface area contributed by atoms with Gasteiger partial charge in [-0.25, -0.2) is 8.42 Å². The topological polar surface area (TPSA) is 71.5 Å². The van der Waals surface area contributed by atoms with Gasteiger partial charge >= 0.3 is 10.2 Å². The maximum atomic E-state index is 13.0. The first kappa shape index (κ1) is 16.7. The number of halogens is 1. The van der Waals surface area contributed by atoms with Gasteiger partial charge in [-0.05, 0) is 18.2 Å². The Kier molecular flexibility index (Phi) is 4.67. The van der Waals surface area contributed by atoms with E-state index in [1.807, 2.05) is 13.8 Å². The summed E-state index contributed by atoms with van der Waals surface area (Å²) in [6.07, 6.45) is 0. The lowest BCUT2D eigenvalue weighted by atomic mass is 10.4. The van der Waals surface area contributed by atoms with Gasteiger partial charge in [0.15, 0.2) is 0 Å². The maximum absolute atomic E-state index is 13.0. The molecule has 0 N–H and O–H groups in total. The van der Waals surface area contributed by atoms with Crippen LogP contribution in [-0.4, -0.2) is 44.7 Å². The molecule has 0 aliphatic carbocycles. The number of hydrogen-bond donors (Lipinski definition) is 0. The highest BCUT2D eigenvalue weighted by Gasteiger charge is 2.32. The van der Waals surface area contributed by atoms with Crippen LogP contribution in [0, 0.1) is 0 Å². The number of hydrogen-bond acceptors (Lipinski definition) is 5. The average Bonchev–Trinajstić information content (AvgIpc) is 2.36. The van der Waals surface area contributed by atoms with Gasteiger partial charge in [-0.3, -0.25) is 0 Å². The predicted molar refractivity (Wildman–Crippen MR) is 80.0 cm³/mol. The van der Waals surface area contributed by atoms with Gasteiger partial charge in [-0.1, -0.05) is 19.9 Å². The van der Waals surface area contributed by atoms with Gasteiger partial charge in [0.2, 0.25) is 10.0 Å².